The predicted molar refractivity (Wildman–Crippen MR) is 70.1 cm³/mol. The van der Waals surface area contributed by atoms with Gasteiger partial charge < -0.3 is 14.6 Å². The molecule has 0 atom stereocenters. The van der Waals surface area contributed by atoms with Crippen molar-refractivity contribution in [2.24, 2.45) is 0 Å². The summed E-state index contributed by atoms with van der Waals surface area (Å²) < 4.78 is 10.9. The van der Waals surface area contributed by atoms with Gasteiger partial charge in [0.15, 0.2) is 11.5 Å². The highest BCUT2D eigenvalue weighted by atomic mass is 35.5. The SMILES string of the molecule is CCc1c2c(cc(Cl)c1C1(CC(=O)O)CC1)OCO2. The Morgan fingerprint density at radius 1 is 1.47 bits per heavy atom. The molecule has 1 aromatic rings. The smallest absolute Gasteiger partial charge is 0.304 e. The number of carboxylic acid groups (broad SMARTS) is 1. The van der Waals surface area contributed by atoms with Crippen LogP contribution < -0.4 is 9.47 Å². The van der Waals surface area contributed by atoms with Crippen molar-refractivity contribution in [1.82, 2.24) is 0 Å². The third-order valence-corrected chi connectivity index (χ3v) is 4.24. The Morgan fingerprint density at radius 3 is 2.79 bits per heavy atom. The summed E-state index contributed by atoms with van der Waals surface area (Å²) in [5.41, 5.74) is 1.64. The molecule has 3 rings (SSSR count). The summed E-state index contributed by atoms with van der Waals surface area (Å²) in [5.74, 6) is 0.614. The lowest BCUT2D eigenvalue weighted by atomic mass is 9.86. The maximum absolute atomic E-state index is 11.1. The third-order valence-electron chi connectivity index (χ3n) is 3.94. The number of rotatable bonds is 4. The molecule has 1 heterocycles. The molecule has 1 N–H and O–H groups in total. The van der Waals surface area contributed by atoms with E-state index in [1.165, 1.54) is 0 Å². The Hall–Kier alpha value is -1.42. The molecule has 4 nitrogen and oxygen atoms in total. The zero-order valence-corrected chi connectivity index (χ0v) is 11.4. The molecule has 1 saturated carbocycles. The monoisotopic (exact) mass is 282 g/mol. The molecule has 0 radical (unpaired) electrons. The summed E-state index contributed by atoms with van der Waals surface area (Å²) in [5, 5.41) is 9.70. The predicted octanol–water partition coefficient (Wildman–Crippen LogP) is 3.14. The fraction of sp³-hybridized carbons (Fsp3) is 0.500. The van der Waals surface area contributed by atoms with Crippen LogP contribution in [0.4, 0.5) is 0 Å². The van der Waals surface area contributed by atoms with Gasteiger partial charge in [0.2, 0.25) is 6.79 Å². The second kappa shape index (κ2) is 4.30. The first-order valence-electron chi connectivity index (χ1n) is 6.40. The summed E-state index contributed by atoms with van der Waals surface area (Å²) in [4.78, 5) is 11.1. The van der Waals surface area contributed by atoms with Gasteiger partial charge in [-0.05, 0) is 24.8 Å². The van der Waals surface area contributed by atoms with Crippen LogP contribution >= 0.6 is 11.6 Å². The van der Waals surface area contributed by atoms with Crippen LogP contribution in [0.25, 0.3) is 0 Å². The molecular weight excluding hydrogens is 268 g/mol. The Bertz CT molecular complexity index is 549. The van der Waals surface area contributed by atoms with E-state index in [0.29, 0.717) is 10.8 Å². The Morgan fingerprint density at radius 2 is 2.21 bits per heavy atom. The van der Waals surface area contributed by atoms with Crippen LogP contribution in [-0.2, 0) is 16.6 Å². The number of carboxylic acids is 1. The second-order valence-corrected chi connectivity index (χ2v) is 5.56. The van der Waals surface area contributed by atoms with Crippen LogP contribution in [0.2, 0.25) is 5.02 Å². The molecule has 0 amide bonds. The summed E-state index contributed by atoms with van der Waals surface area (Å²) in [6.45, 7) is 2.22. The lowest BCUT2D eigenvalue weighted by Gasteiger charge is -2.20. The van der Waals surface area contributed by atoms with Crippen LogP contribution in [0.15, 0.2) is 6.07 Å². The number of ether oxygens (including phenoxy) is 2. The van der Waals surface area contributed by atoms with E-state index in [9.17, 15) is 4.79 Å². The van der Waals surface area contributed by atoms with Gasteiger partial charge in [-0.2, -0.15) is 0 Å². The van der Waals surface area contributed by atoms with Gasteiger partial charge in [0.25, 0.3) is 0 Å². The van der Waals surface area contributed by atoms with Crippen LogP contribution in [0.1, 0.15) is 37.3 Å². The Kier molecular flexibility index (Phi) is 2.86. The molecule has 1 fully saturated rings. The normalized spacial score (nSPS) is 18.4. The minimum absolute atomic E-state index is 0.124. The van der Waals surface area contributed by atoms with Crippen molar-refractivity contribution >= 4 is 17.6 Å². The van der Waals surface area contributed by atoms with Gasteiger partial charge in [-0.1, -0.05) is 18.5 Å². The van der Waals surface area contributed by atoms with Gasteiger partial charge in [0.05, 0.1) is 6.42 Å². The Balaban J connectivity index is 2.13. The molecule has 0 spiro atoms. The van der Waals surface area contributed by atoms with E-state index in [4.69, 9.17) is 26.2 Å². The molecule has 1 aliphatic carbocycles. The number of benzene rings is 1. The largest absolute Gasteiger partial charge is 0.481 e. The van der Waals surface area contributed by atoms with Crippen molar-refractivity contribution < 1.29 is 19.4 Å². The van der Waals surface area contributed by atoms with Gasteiger partial charge in [-0.15, -0.1) is 0 Å². The van der Waals surface area contributed by atoms with Crippen LogP contribution in [0, 0.1) is 0 Å². The number of aliphatic carboxylic acids is 1. The van der Waals surface area contributed by atoms with Gasteiger partial charge in [-0.25, -0.2) is 0 Å². The highest BCUT2D eigenvalue weighted by molar-refractivity contribution is 6.32. The molecule has 0 aromatic heterocycles. The molecular formula is C14H15ClO4. The van der Waals surface area contributed by atoms with Gasteiger partial charge in [-0.3, -0.25) is 4.79 Å². The van der Waals surface area contributed by atoms with E-state index >= 15 is 0 Å². The number of carbonyl (C=O) groups is 1. The number of hydrogen-bond acceptors (Lipinski definition) is 3. The minimum Gasteiger partial charge on any atom is -0.481 e. The first-order chi connectivity index (χ1) is 9.07. The maximum atomic E-state index is 11.1. The Labute approximate surface area is 116 Å². The second-order valence-electron chi connectivity index (χ2n) is 5.15. The van der Waals surface area contributed by atoms with Crippen LogP contribution in [0.3, 0.4) is 0 Å². The van der Waals surface area contributed by atoms with E-state index in [1.54, 1.807) is 6.07 Å². The van der Waals surface area contributed by atoms with E-state index in [1.807, 2.05) is 6.92 Å². The molecule has 0 unspecified atom stereocenters. The van der Waals surface area contributed by atoms with Crippen molar-refractivity contribution in [3.05, 3.63) is 22.2 Å². The topological polar surface area (TPSA) is 55.8 Å². The molecule has 0 saturated heterocycles. The summed E-state index contributed by atoms with van der Waals surface area (Å²) in [6, 6.07) is 1.75. The third kappa shape index (κ3) is 1.94. The van der Waals surface area contributed by atoms with Gasteiger partial charge >= 0.3 is 5.97 Å². The maximum Gasteiger partial charge on any atom is 0.304 e. The first kappa shape index (κ1) is 12.6. The quantitative estimate of drug-likeness (QED) is 0.922. The molecule has 19 heavy (non-hydrogen) atoms. The van der Waals surface area contributed by atoms with Crippen molar-refractivity contribution in [3.63, 3.8) is 0 Å². The molecule has 1 aromatic carbocycles. The highest BCUT2D eigenvalue weighted by Gasteiger charge is 2.49. The highest BCUT2D eigenvalue weighted by Crippen LogP contribution is 2.57. The average molecular weight is 283 g/mol. The first-order valence-corrected chi connectivity index (χ1v) is 6.78. The lowest BCUT2D eigenvalue weighted by Crippen LogP contribution is -2.16. The number of fused-ring (bicyclic) bond motifs is 1. The van der Waals surface area contributed by atoms with Gasteiger partial charge in [0.1, 0.15) is 0 Å². The van der Waals surface area contributed by atoms with E-state index in [-0.39, 0.29) is 18.6 Å². The lowest BCUT2D eigenvalue weighted by molar-refractivity contribution is -0.137. The summed E-state index contributed by atoms with van der Waals surface area (Å²) in [6.07, 6.45) is 2.61. The molecule has 102 valence electrons. The van der Waals surface area contributed by atoms with Crippen molar-refractivity contribution in [3.8, 4) is 11.5 Å². The minimum atomic E-state index is -0.784. The van der Waals surface area contributed by atoms with E-state index in [0.717, 1.165) is 36.1 Å². The number of hydrogen-bond donors (Lipinski definition) is 1. The zero-order chi connectivity index (χ0) is 13.6. The zero-order valence-electron chi connectivity index (χ0n) is 10.7. The molecule has 0 bridgehead atoms. The molecule has 5 heteroatoms. The van der Waals surface area contributed by atoms with E-state index in [2.05, 4.69) is 0 Å². The number of halogens is 1. The van der Waals surface area contributed by atoms with Crippen molar-refractivity contribution in [1.29, 1.82) is 0 Å². The average Bonchev–Trinajstić information content (AvgIpc) is 2.95. The molecule has 1 aliphatic heterocycles. The summed E-state index contributed by atoms with van der Waals surface area (Å²) in [7, 11) is 0. The van der Waals surface area contributed by atoms with Gasteiger partial charge in [0, 0.05) is 22.1 Å². The van der Waals surface area contributed by atoms with Crippen molar-refractivity contribution in [2.75, 3.05) is 6.79 Å². The van der Waals surface area contributed by atoms with Crippen molar-refractivity contribution in [2.45, 2.75) is 38.0 Å². The summed E-state index contributed by atoms with van der Waals surface area (Å²) >= 11 is 6.37. The fourth-order valence-corrected chi connectivity index (χ4v) is 3.36. The van der Waals surface area contributed by atoms with Crippen LogP contribution in [-0.4, -0.2) is 17.9 Å². The van der Waals surface area contributed by atoms with Crippen LogP contribution in [0.5, 0.6) is 11.5 Å². The fourth-order valence-electron chi connectivity index (χ4n) is 2.94. The van der Waals surface area contributed by atoms with E-state index < -0.39 is 5.97 Å². The molecule has 2 aliphatic rings. The standard InChI is InChI=1S/C14H15ClO4/c1-2-8-12(14(3-4-14)6-11(16)17)9(15)5-10-13(8)19-7-18-10/h5H,2-4,6-7H2,1H3,(H,16,17).